The molecule has 0 heterocycles. The third-order valence-corrected chi connectivity index (χ3v) is 4.87. The van der Waals surface area contributed by atoms with Crippen molar-refractivity contribution in [1.82, 2.24) is 5.32 Å². The third-order valence-electron chi connectivity index (χ3n) is 4.26. The molecular weight excluding hydrogens is 336 g/mol. The maximum Gasteiger partial charge on any atom is 0.143 e. The van der Waals surface area contributed by atoms with E-state index in [1.54, 1.807) is 0 Å². The van der Waals surface area contributed by atoms with Crippen LogP contribution in [0.5, 0.6) is 0 Å². The van der Waals surface area contributed by atoms with Crippen LogP contribution in [0.3, 0.4) is 0 Å². The van der Waals surface area contributed by atoms with Crippen LogP contribution in [0.1, 0.15) is 22.7 Å². The lowest BCUT2D eigenvalue weighted by atomic mass is 9.92. The molecule has 4 heteroatoms. The molecule has 1 nitrogen and oxygen atoms in total. The van der Waals surface area contributed by atoms with Crippen molar-refractivity contribution in [3.63, 3.8) is 0 Å². The predicted molar refractivity (Wildman–Crippen MR) is 83.2 cm³/mol. The summed E-state index contributed by atoms with van der Waals surface area (Å²) >= 11 is 3.13. The van der Waals surface area contributed by atoms with Gasteiger partial charge >= 0.3 is 0 Å². The fraction of sp³-hybridized carbons (Fsp3) is 0.294. The van der Waals surface area contributed by atoms with Gasteiger partial charge in [-0.2, -0.15) is 0 Å². The number of fused-ring (bicyclic) bond motifs is 1. The van der Waals surface area contributed by atoms with E-state index in [2.05, 4.69) is 33.4 Å². The van der Waals surface area contributed by atoms with Gasteiger partial charge in [0.25, 0.3) is 0 Å². The van der Waals surface area contributed by atoms with Crippen LogP contribution in [0.15, 0.2) is 40.9 Å². The molecule has 1 N–H and O–H groups in total. The third kappa shape index (κ3) is 2.62. The van der Waals surface area contributed by atoms with Crippen LogP contribution < -0.4 is 5.32 Å². The Morgan fingerprint density at radius 1 is 1.19 bits per heavy atom. The minimum absolute atomic E-state index is 0.138. The minimum Gasteiger partial charge on any atom is -0.313 e. The summed E-state index contributed by atoms with van der Waals surface area (Å²) in [5.74, 6) is -0.798. The molecule has 0 saturated carbocycles. The van der Waals surface area contributed by atoms with Gasteiger partial charge in [-0.05, 0) is 65.0 Å². The topological polar surface area (TPSA) is 12.0 Å². The number of rotatable bonds is 3. The molecule has 1 aliphatic carbocycles. The fourth-order valence-electron chi connectivity index (χ4n) is 3.28. The van der Waals surface area contributed by atoms with Gasteiger partial charge < -0.3 is 5.32 Å². The molecule has 0 spiro atoms. The Hall–Kier alpha value is -1.26. The highest BCUT2D eigenvalue weighted by atomic mass is 79.9. The lowest BCUT2D eigenvalue weighted by molar-refractivity contribution is 0.396. The van der Waals surface area contributed by atoms with Gasteiger partial charge in [-0.1, -0.05) is 24.3 Å². The van der Waals surface area contributed by atoms with Crippen LogP contribution in [0.25, 0.3) is 0 Å². The highest BCUT2D eigenvalue weighted by Crippen LogP contribution is 2.38. The predicted octanol–water partition coefficient (Wildman–Crippen LogP) is 4.40. The first kappa shape index (κ1) is 14.7. The van der Waals surface area contributed by atoms with Gasteiger partial charge in [0, 0.05) is 11.6 Å². The smallest absolute Gasteiger partial charge is 0.143 e. The molecule has 0 saturated heterocycles. The number of halogens is 3. The normalized spacial score (nSPS) is 20.6. The monoisotopic (exact) mass is 351 g/mol. The Balaban J connectivity index is 1.92. The van der Waals surface area contributed by atoms with E-state index in [1.807, 2.05) is 19.2 Å². The SMILES string of the molecule is CNC1c2ccccc2CC1Cc1c(F)ccc(Br)c1F. The van der Waals surface area contributed by atoms with Crippen molar-refractivity contribution in [1.29, 1.82) is 0 Å². The molecule has 21 heavy (non-hydrogen) atoms. The van der Waals surface area contributed by atoms with Crippen LogP contribution in [-0.2, 0) is 12.8 Å². The van der Waals surface area contributed by atoms with Crippen molar-refractivity contribution in [2.75, 3.05) is 7.05 Å². The van der Waals surface area contributed by atoms with Gasteiger partial charge in [0.2, 0.25) is 0 Å². The molecule has 2 aromatic rings. The summed E-state index contributed by atoms with van der Waals surface area (Å²) in [6, 6.07) is 11.1. The molecule has 2 aromatic carbocycles. The summed E-state index contributed by atoms with van der Waals surface area (Å²) in [5, 5.41) is 3.29. The summed E-state index contributed by atoms with van der Waals surface area (Å²) in [4.78, 5) is 0. The zero-order valence-electron chi connectivity index (χ0n) is 11.7. The first-order valence-corrected chi connectivity index (χ1v) is 7.78. The Morgan fingerprint density at radius 2 is 1.95 bits per heavy atom. The van der Waals surface area contributed by atoms with Crippen LogP contribution in [0.4, 0.5) is 8.78 Å². The second kappa shape index (κ2) is 5.85. The number of benzene rings is 2. The summed E-state index contributed by atoms with van der Waals surface area (Å²) in [7, 11) is 1.90. The molecule has 0 amide bonds. The van der Waals surface area contributed by atoms with Gasteiger partial charge in [0.15, 0.2) is 0 Å². The zero-order chi connectivity index (χ0) is 15.0. The van der Waals surface area contributed by atoms with E-state index in [0.29, 0.717) is 10.9 Å². The van der Waals surface area contributed by atoms with Gasteiger partial charge in [0.05, 0.1) is 4.47 Å². The first-order chi connectivity index (χ1) is 10.1. The van der Waals surface area contributed by atoms with Crippen molar-refractivity contribution in [3.8, 4) is 0 Å². The quantitative estimate of drug-likeness (QED) is 0.808. The Kier molecular flexibility index (Phi) is 4.09. The van der Waals surface area contributed by atoms with E-state index in [-0.39, 0.29) is 17.5 Å². The Bertz CT molecular complexity index is 672. The van der Waals surface area contributed by atoms with Gasteiger partial charge in [-0.15, -0.1) is 0 Å². The lowest BCUT2D eigenvalue weighted by Crippen LogP contribution is -2.23. The van der Waals surface area contributed by atoms with Crippen molar-refractivity contribution in [2.24, 2.45) is 5.92 Å². The van der Waals surface area contributed by atoms with E-state index < -0.39 is 11.6 Å². The van der Waals surface area contributed by atoms with Crippen molar-refractivity contribution in [2.45, 2.75) is 18.9 Å². The van der Waals surface area contributed by atoms with Crippen molar-refractivity contribution < 1.29 is 8.78 Å². The van der Waals surface area contributed by atoms with E-state index in [4.69, 9.17) is 0 Å². The lowest BCUT2D eigenvalue weighted by Gasteiger charge is -2.20. The van der Waals surface area contributed by atoms with Gasteiger partial charge in [0.1, 0.15) is 11.6 Å². The molecule has 0 aromatic heterocycles. The maximum absolute atomic E-state index is 14.2. The van der Waals surface area contributed by atoms with Crippen LogP contribution in [0.2, 0.25) is 0 Å². The molecule has 2 atom stereocenters. The average Bonchev–Trinajstić information content (AvgIpc) is 2.84. The molecule has 1 aliphatic rings. The molecule has 0 fully saturated rings. The number of hydrogen-bond acceptors (Lipinski definition) is 1. The van der Waals surface area contributed by atoms with Gasteiger partial charge in [-0.3, -0.25) is 0 Å². The molecule has 2 unspecified atom stereocenters. The van der Waals surface area contributed by atoms with E-state index in [9.17, 15) is 8.78 Å². The second-order valence-corrected chi connectivity index (χ2v) is 6.31. The number of nitrogens with one attached hydrogen (secondary N) is 1. The summed E-state index contributed by atoms with van der Waals surface area (Å²) in [5.41, 5.74) is 2.67. The maximum atomic E-state index is 14.2. The highest BCUT2D eigenvalue weighted by Gasteiger charge is 2.32. The second-order valence-electron chi connectivity index (χ2n) is 5.46. The highest BCUT2D eigenvalue weighted by molar-refractivity contribution is 9.10. The van der Waals surface area contributed by atoms with Crippen molar-refractivity contribution in [3.05, 3.63) is 69.2 Å². The largest absolute Gasteiger partial charge is 0.313 e. The van der Waals surface area contributed by atoms with Gasteiger partial charge in [-0.25, -0.2) is 8.78 Å². The standard InChI is InChI=1S/C17H16BrF2N/c1-21-17-11(8-10-4-2-3-5-12(10)17)9-13-15(19)7-6-14(18)16(13)20/h2-7,11,17,21H,8-9H2,1H3. The molecule has 0 bridgehead atoms. The summed E-state index contributed by atoms with van der Waals surface area (Å²) in [6.07, 6.45) is 1.23. The molecule has 110 valence electrons. The van der Waals surface area contributed by atoms with E-state index in [0.717, 1.165) is 6.42 Å². The molecular formula is C17H16BrF2N. The van der Waals surface area contributed by atoms with Crippen LogP contribution in [0, 0.1) is 17.6 Å². The Morgan fingerprint density at radius 3 is 2.71 bits per heavy atom. The van der Waals surface area contributed by atoms with Crippen LogP contribution >= 0.6 is 15.9 Å². The first-order valence-electron chi connectivity index (χ1n) is 6.99. The minimum atomic E-state index is -0.485. The number of hydrogen-bond donors (Lipinski definition) is 1. The summed E-state index contributed by atoms with van der Waals surface area (Å²) < 4.78 is 28.4. The zero-order valence-corrected chi connectivity index (χ0v) is 13.3. The molecule has 3 rings (SSSR count). The Labute approximate surface area is 131 Å². The van der Waals surface area contributed by atoms with E-state index >= 15 is 0 Å². The molecule has 0 radical (unpaired) electrons. The average molecular weight is 352 g/mol. The van der Waals surface area contributed by atoms with Crippen molar-refractivity contribution >= 4 is 15.9 Å². The van der Waals surface area contributed by atoms with Crippen LogP contribution in [-0.4, -0.2) is 7.05 Å². The fourth-order valence-corrected chi connectivity index (χ4v) is 3.65. The summed E-state index contributed by atoms with van der Waals surface area (Å²) in [6.45, 7) is 0. The molecule has 0 aliphatic heterocycles. The van der Waals surface area contributed by atoms with E-state index in [1.165, 1.54) is 23.3 Å².